The molecule has 2 fully saturated rings. The summed E-state index contributed by atoms with van der Waals surface area (Å²) in [7, 11) is 3.54. The predicted octanol–water partition coefficient (Wildman–Crippen LogP) is 2.79. The number of aliphatic imine (C=N–C) groups is 1. The molecule has 3 N–H and O–H groups in total. The van der Waals surface area contributed by atoms with Crippen LogP contribution in [-0.4, -0.2) is 76.1 Å². The highest BCUT2D eigenvalue weighted by atomic mass is 127. The first-order chi connectivity index (χ1) is 14.7. The summed E-state index contributed by atoms with van der Waals surface area (Å²) in [6.45, 7) is 5.34. The van der Waals surface area contributed by atoms with Gasteiger partial charge in [0.05, 0.1) is 19.8 Å². The van der Waals surface area contributed by atoms with E-state index in [0.29, 0.717) is 6.61 Å². The lowest BCUT2D eigenvalue weighted by molar-refractivity contribution is 0.127. The molecule has 0 saturated carbocycles. The van der Waals surface area contributed by atoms with Gasteiger partial charge in [-0.15, -0.1) is 24.0 Å². The van der Waals surface area contributed by atoms with Crippen LogP contribution in [0.1, 0.15) is 43.7 Å². The number of hydrogen-bond acceptors (Lipinski definition) is 5. The molecule has 2 aliphatic heterocycles. The number of rotatable bonds is 9. The number of nitrogens with one attached hydrogen (secondary N) is 2. The van der Waals surface area contributed by atoms with Crippen molar-refractivity contribution in [1.82, 2.24) is 15.5 Å². The molecule has 0 spiro atoms. The van der Waals surface area contributed by atoms with E-state index >= 15 is 0 Å². The Morgan fingerprint density at radius 2 is 2.03 bits per heavy atom. The van der Waals surface area contributed by atoms with E-state index in [0.717, 1.165) is 57.3 Å². The van der Waals surface area contributed by atoms with Crippen LogP contribution >= 0.6 is 24.0 Å². The maximum Gasteiger partial charge on any atom is 0.191 e. The number of ether oxygens (including phenoxy) is 2. The molecular weight excluding hydrogens is 507 g/mol. The van der Waals surface area contributed by atoms with Gasteiger partial charge in [0.25, 0.3) is 0 Å². The van der Waals surface area contributed by atoms with Gasteiger partial charge in [0.2, 0.25) is 0 Å². The molecule has 0 aromatic heterocycles. The fraction of sp³-hybridized carbons (Fsp3) is 0.696. The Hall–Kier alpha value is -1.10. The average Bonchev–Trinajstić information content (AvgIpc) is 3.26. The number of likely N-dealkylation sites (tertiary alicyclic amines) is 1. The van der Waals surface area contributed by atoms with Crippen LogP contribution in [0.4, 0.5) is 0 Å². The Morgan fingerprint density at radius 1 is 1.26 bits per heavy atom. The van der Waals surface area contributed by atoms with Gasteiger partial charge in [0, 0.05) is 44.3 Å². The average molecular weight is 546 g/mol. The summed E-state index contributed by atoms with van der Waals surface area (Å²) >= 11 is 0. The first-order valence-electron chi connectivity index (χ1n) is 11.2. The Balaban J connectivity index is 0.00000341. The third-order valence-corrected chi connectivity index (χ3v) is 6.47. The Bertz CT molecular complexity index is 677. The molecule has 2 atom stereocenters. The van der Waals surface area contributed by atoms with Gasteiger partial charge in [-0.05, 0) is 44.8 Å². The van der Waals surface area contributed by atoms with Gasteiger partial charge in [-0.1, -0.05) is 24.6 Å². The standard InChI is InChI=1S/C23H38N4O3.HI/c1-24-22(26-17-23(10-14-28)11-15-30-18-23)25-16-20(27-12-6-3-7-13-27)19-8-4-5-9-21(19)29-2;/h4-5,8-9,20,28H,3,6-7,10-18H2,1-2H3,(H2,24,25,26);1H. The molecule has 1 aromatic carbocycles. The molecule has 2 heterocycles. The van der Waals surface area contributed by atoms with E-state index in [4.69, 9.17) is 9.47 Å². The number of hydrogen-bond donors (Lipinski definition) is 3. The molecule has 0 amide bonds. The molecule has 31 heavy (non-hydrogen) atoms. The van der Waals surface area contributed by atoms with E-state index in [2.05, 4.69) is 32.7 Å². The van der Waals surface area contributed by atoms with Gasteiger partial charge in [-0.3, -0.25) is 9.89 Å². The maximum atomic E-state index is 9.46. The first-order valence-corrected chi connectivity index (χ1v) is 11.2. The second-order valence-electron chi connectivity index (χ2n) is 8.44. The normalized spacial score (nSPS) is 23.1. The molecule has 8 heteroatoms. The van der Waals surface area contributed by atoms with Gasteiger partial charge >= 0.3 is 0 Å². The van der Waals surface area contributed by atoms with Crippen LogP contribution in [0.5, 0.6) is 5.75 Å². The summed E-state index contributed by atoms with van der Waals surface area (Å²) in [6.07, 6.45) is 5.50. The van der Waals surface area contributed by atoms with Gasteiger partial charge in [-0.2, -0.15) is 0 Å². The third-order valence-electron chi connectivity index (χ3n) is 6.47. The predicted molar refractivity (Wildman–Crippen MR) is 136 cm³/mol. The summed E-state index contributed by atoms with van der Waals surface area (Å²) < 4.78 is 11.3. The highest BCUT2D eigenvalue weighted by Gasteiger charge is 2.34. The summed E-state index contributed by atoms with van der Waals surface area (Å²) in [5.41, 5.74) is 1.20. The lowest BCUT2D eigenvalue weighted by Gasteiger charge is -2.36. The number of aliphatic hydroxyl groups is 1. The number of halogens is 1. The Morgan fingerprint density at radius 3 is 2.68 bits per heavy atom. The molecule has 0 radical (unpaired) electrons. The number of methoxy groups -OCH3 is 1. The molecular formula is C23H39IN4O3. The maximum absolute atomic E-state index is 9.46. The van der Waals surface area contributed by atoms with E-state index in [-0.39, 0.29) is 42.0 Å². The largest absolute Gasteiger partial charge is 0.496 e. The number of benzene rings is 1. The smallest absolute Gasteiger partial charge is 0.191 e. The first kappa shape index (κ1) is 26.2. The van der Waals surface area contributed by atoms with Crippen LogP contribution in [-0.2, 0) is 4.74 Å². The highest BCUT2D eigenvalue weighted by molar-refractivity contribution is 14.0. The number of piperidine rings is 1. The Kier molecular flexibility index (Phi) is 11.3. The van der Waals surface area contributed by atoms with Crippen LogP contribution < -0.4 is 15.4 Å². The third kappa shape index (κ3) is 7.20. The lowest BCUT2D eigenvalue weighted by Crippen LogP contribution is -2.47. The Labute approximate surface area is 204 Å². The van der Waals surface area contributed by atoms with Crippen molar-refractivity contribution in [3.8, 4) is 5.75 Å². The highest BCUT2D eigenvalue weighted by Crippen LogP contribution is 2.32. The molecule has 0 aliphatic carbocycles. The van der Waals surface area contributed by atoms with Crippen LogP contribution in [0.25, 0.3) is 0 Å². The molecule has 176 valence electrons. The molecule has 1 aromatic rings. The topological polar surface area (TPSA) is 78.4 Å². The number of nitrogens with zero attached hydrogens (tertiary/aromatic N) is 2. The van der Waals surface area contributed by atoms with E-state index in [1.54, 1.807) is 14.2 Å². The van der Waals surface area contributed by atoms with E-state index < -0.39 is 0 Å². The van der Waals surface area contributed by atoms with Gasteiger partial charge in [0.1, 0.15) is 5.75 Å². The van der Waals surface area contributed by atoms with Crippen molar-refractivity contribution in [1.29, 1.82) is 0 Å². The fourth-order valence-corrected chi connectivity index (χ4v) is 4.60. The molecule has 0 bridgehead atoms. The molecule has 7 nitrogen and oxygen atoms in total. The van der Waals surface area contributed by atoms with E-state index in [1.165, 1.54) is 24.8 Å². The van der Waals surface area contributed by atoms with E-state index in [9.17, 15) is 5.11 Å². The van der Waals surface area contributed by atoms with E-state index in [1.807, 2.05) is 12.1 Å². The van der Waals surface area contributed by atoms with Gasteiger partial charge in [-0.25, -0.2) is 0 Å². The second-order valence-corrected chi connectivity index (χ2v) is 8.44. The fourth-order valence-electron chi connectivity index (χ4n) is 4.60. The molecule has 2 aliphatic rings. The van der Waals surface area contributed by atoms with Crippen molar-refractivity contribution in [3.63, 3.8) is 0 Å². The summed E-state index contributed by atoms with van der Waals surface area (Å²) in [4.78, 5) is 6.99. The number of aliphatic hydroxyl groups excluding tert-OH is 1. The molecule has 2 unspecified atom stereocenters. The van der Waals surface area contributed by atoms with Crippen molar-refractivity contribution in [2.24, 2.45) is 10.4 Å². The van der Waals surface area contributed by atoms with Crippen LogP contribution in [0.3, 0.4) is 0 Å². The quantitative estimate of drug-likeness (QED) is 0.251. The van der Waals surface area contributed by atoms with Crippen molar-refractivity contribution in [2.45, 2.75) is 38.1 Å². The minimum atomic E-state index is -0.0126. The number of para-hydroxylation sites is 1. The van der Waals surface area contributed by atoms with Crippen LogP contribution in [0.2, 0.25) is 0 Å². The zero-order valence-electron chi connectivity index (χ0n) is 18.9. The zero-order chi connectivity index (χ0) is 21.2. The summed E-state index contributed by atoms with van der Waals surface area (Å²) in [6, 6.07) is 8.54. The van der Waals surface area contributed by atoms with Crippen molar-refractivity contribution in [2.75, 3.05) is 60.2 Å². The minimum absolute atomic E-state index is 0. The van der Waals surface area contributed by atoms with Crippen molar-refractivity contribution in [3.05, 3.63) is 29.8 Å². The molecule has 3 rings (SSSR count). The van der Waals surface area contributed by atoms with Crippen molar-refractivity contribution >= 4 is 29.9 Å². The summed E-state index contributed by atoms with van der Waals surface area (Å²) in [5, 5.41) is 16.5. The van der Waals surface area contributed by atoms with Crippen LogP contribution in [0, 0.1) is 5.41 Å². The van der Waals surface area contributed by atoms with Gasteiger partial charge < -0.3 is 25.2 Å². The monoisotopic (exact) mass is 546 g/mol. The minimum Gasteiger partial charge on any atom is -0.496 e. The molecule has 2 saturated heterocycles. The van der Waals surface area contributed by atoms with Gasteiger partial charge in [0.15, 0.2) is 5.96 Å². The SMILES string of the molecule is CN=C(NCC(c1ccccc1OC)N1CCCCC1)NCC1(CCO)CCOC1.I. The number of guanidine groups is 1. The zero-order valence-corrected chi connectivity index (χ0v) is 21.3. The second kappa shape index (κ2) is 13.4. The summed E-state index contributed by atoms with van der Waals surface area (Å²) in [5.74, 6) is 1.72. The van der Waals surface area contributed by atoms with Crippen LogP contribution in [0.15, 0.2) is 29.3 Å². The lowest BCUT2D eigenvalue weighted by atomic mass is 9.84. The van der Waals surface area contributed by atoms with Crippen molar-refractivity contribution < 1.29 is 14.6 Å².